The van der Waals surface area contributed by atoms with Crippen LogP contribution in [-0.4, -0.2) is 55.6 Å². The number of anilines is 1. The fourth-order valence-electron chi connectivity index (χ4n) is 2.19. The van der Waals surface area contributed by atoms with E-state index in [1.807, 2.05) is 11.9 Å². The lowest BCUT2D eigenvalue weighted by atomic mass is 10.1. The Kier molecular flexibility index (Phi) is 4.92. The van der Waals surface area contributed by atoms with E-state index in [0.717, 1.165) is 26.2 Å². The van der Waals surface area contributed by atoms with E-state index in [1.54, 1.807) is 12.1 Å². The van der Waals surface area contributed by atoms with Crippen molar-refractivity contribution in [2.24, 2.45) is 0 Å². The molecule has 0 bridgehead atoms. The molecule has 5 nitrogen and oxygen atoms in total. The van der Waals surface area contributed by atoms with Crippen LogP contribution >= 0.6 is 0 Å². The number of hydrogen-bond acceptors (Lipinski definition) is 4. The van der Waals surface area contributed by atoms with Crippen LogP contribution in [0.4, 0.5) is 10.1 Å². The van der Waals surface area contributed by atoms with Crippen molar-refractivity contribution < 1.29 is 9.18 Å². The van der Waals surface area contributed by atoms with Crippen LogP contribution in [0.15, 0.2) is 18.2 Å². The van der Waals surface area contributed by atoms with Gasteiger partial charge < -0.3 is 10.2 Å². The monoisotopic (exact) mass is 280 g/mol. The van der Waals surface area contributed by atoms with Gasteiger partial charge in [0.15, 0.2) is 0 Å². The van der Waals surface area contributed by atoms with Crippen LogP contribution in [0.5, 0.6) is 0 Å². The minimum atomic E-state index is -0.405. The maximum Gasteiger partial charge on any atom is 0.267 e. The molecule has 1 fully saturated rings. The van der Waals surface area contributed by atoms with Gasteiger partial charge in [-0.05, 0) is 26.1 Å². The second-order valence-electron chi connectivity index (χ2n) is 4.92. The molecule has 1 amide bonds. The third kappa shape index (κ3) is 3.46. The molecule has 0 aromatic heterocycles. The minimum Gasteiger partial charge on any atom is -0.382 e. The molecule has 0 atom stereocenters. The molecule has 20 heavy (non-hydrogen) atoms. The van der Waals surface area contributed by atoms with Gasteiger partial charge in [-0.15, -0.1) is 0 Å². The van der Waals surface area contributed by atoms with E-state index in [1.165, 1.54) is 6.07 Å². The highest BCUT2D eigenvalue weighted by Gasteiger charge is 2.19. The number of carbonyl (C=O) groups excluding carboxylic acids is 1. The van der Waals surface area contributed by atoms with E-state index in [4.69, 9.17) is 0 Å². The largest absolute Gasteiger partial charge is 0.382 e. The minimum absolute atomic E-state index is 0.265. The van der Waals surface area contributed by atoms with Crippen molar-refractivity contribution in [3.05, 3.63) is 29.6 Å². The standard InChI is InChI=1S/C14H21FN4O/c1-3-16-13-11(5-4-6-12(13)15)14(20)17-19-9-7-18(2)8-10-19/h4-6,16H,3,7-10H2,1-2H3,(H,17,20). The number of likely N-dealkylation sites (N-methyl/N-ethyl adjacent to an activating group) is 1. The molecule has 1 heterocycles. The van der Waals surface area contributed by atoms with Crippen LogP contribution < -0.4 is 10.7 Å². The number of hydrogen-bond donors (Lipinski definition) is 2. The number of nitrogens with zero attached hydrogens (tertiary/aromatic N) is 2. The number of benzene rings is 1. The molecule has 1 aliphatic rings. The van der Waals surface area contributed by atoms with Crippen LogP contribution in [0.1, 0.15) is 17.3 Å². The Morgan fingerprint density at radius 1 is 1.30 bits per heavy atom. The Hall–Kier alpha value is -1.66. The molecule has 1 aliphatic heterocycles. The Bertz CT molecular complexity index is 472. The molecule has 1 aromatic rings. The van der Waals surface area contributed by atoms with Crippen LogP contribution in [0.25, 0.3) is 0 Å². The lowest BCUT2D eigenvalue weighted by Gasteiger charge is -2.32. The Morgan fingerprint density at radius 2 is 2.00 bits per heavy atom. The first-order valence-electron chi connectivity index (χ1n) is 6.88. The summed E-state index contributed by atoms with van der Waals surface area (Å²) in [5, 5.41) is 4.78. The summed E-state index contributed by atoms with van der Waals surface area (Å²) in [6.45, 7) is 5.79. The number of carbonyl (C=O) groups is 1. The molecule has 0 radical (unpaired) electrons. The molecule has 110 valence electrons. The maximum absolute atomic E-state index is 13.8. The van der Waals surface area contributed by atoms with Crippen molar-refractivity contribution in [3.63, 3.8) is 0 Å². The molecule has 2 N–H and O–H groups in total. The van der Waals surface area contributed by atoms with Gasteiger partial charge in [-0.25, -0.2) is 9.40 Å². The molecular weight excluding hydrogens is 259 g/mol. The zero-order valence-electron chi connectivity index (χ0n) is 11.9. The van der Waals surface area contributed by atoms with E-state index in [0.29, 0.717) is 12.1 Å². The smallest absolute Gasteiger partial charge is 0.267 e. The average Bonchev–Trinajstić information content (AvgIpc) is 2.43. The Balaban J connectivity index is 2.07. The van der Waals surface area contributed by atoms with E-state index in [9.17, 15) is 9.18 Å². The second kappa shape index (κ2) is 6.67. The van der Waals surface area contributed by atoms with Gasteiger partial charge in [-0.2, -0.15) is 0 Å². The van der Waals surface area contributed by atoms with Gasteiger partial charge in [0.05, 0.1) is 11.3 Å². The number of rotatable bonds is 4. The number of hydrazine groups is 1. The van der Waals surface area contributed by atoms with E-state index in [2.05, 4.69) is 22.7 Å². The van der Waals surface area contributed by atoms with Crippen molar-refractivity contribution in [2.75, 3.05) is 45.1 Å². The van der Waals surface area contributed by atoms with Gasteiger partial charge in [-0.3, -0.25) is 10.2 Å². The third-order valence-corrected chi connectivity index (χ3v) is 3.37. The molecular formula is C14H21FN4O. The highest BCUT2D eigenvalue weighted by atomic mass is 19.1. The number of amides is 1. The summed E-state index contributed by atoms with van der Waals surface area (Å²) < 4.78 is 13.8. The zero-order chi connectivity index (χ0) is 14.5. The first kappa shape index (κ1) is 14.7. The number of nitrogens with one attached hydrogen (secondary N) is 2. The van der Waals surface area contributed by atoms with Crippen LogP contribution in [0, 0.1) is 5.82 Å². The fourth-order valence-corrected chi connectivity index (χ4v) is 2.19. The molecule has 1 saturated heterocycles. The Labute approximate surface area is 118 Å². The molecule has 0 unspecified atom stereocenters. The van der Waals surface area contributed by atoms with Gasteiger partial charge >= 0.3 is 0 Å². The summed E-state index contributed by atoms with van der Waals surface area (Å²) in [7, 11) is 2.05. The topological polar surface area (TPSA) is 47.6 Å². The summed E-state index contributed by atoms with van der Waals surface area (Å²) in [4.78, 5) is 14.5. The summed E-state index contributed by atoms with van der Waals surface area (Å²) in [5.74, 6) is -0.678. The molecule has 0 spiro atoms. The van der Waals surface area contributed by atoms with E-state index >= 15 is 0 Å². The molecule has 1 aromatic carbocycles. The number of halogens is 1. The van der Waals surface area contributed by atoms with Crippen molar-refractivity contribution in [3.8, 4) is 0 Å². The van der Waals surface area contributed by atoms with Crippen LogP contribution in [-0.2, 0) is 0 Å². The number of piperazine rings is 1. The molecule has 6 heteroatoms. The van der Waals surface area contributed by atoms with Gasteiger partial charge in [0.25, 0.3) is 5.91 Å². The van der Waals surface area contributed by atoms with Gasteiger partial charge in [0.1, 0.15) is 5.82 Å². The highest BCUT2D eigenvalue weighted by Crippen LogP contribution is 2.19. The van der Waals surface area contributed by atoms with Crippen LogP contribution in [0.2, 0.25) is 0 Å². The summed E-state index contributed by atoms with van der Waals surface area (Å²) in [5.41, 5.74) is 3.45. The predicted octanol–water partition coefficient (Wildman–Crippen LogP) is 1.15. The van der Waals surface area contributed by atoms with Crippen molar-refractivity contribution >= 4 is 11.6 Å². The molecule has 0 saturated carbocycles. The Morgan fingerprint density at radius 3 is 2.65 bits per heavy atom. The van der Waals surface area contributed by atoms with Crippen molar-refractivity contribution in [2.45, 2.75) is 6.92 Å². The van der Waals surface area contributed by atoms with Gasteiger partial charge in [0, 0.05) is 32.7 Å². The lowest BCUT2D eigenvalue weighted by Crippen LogP contribution is -2.52. The predicted molar refractivity (Wildman–Crippen MR) is 77.1 cm³/mol. The van der Waals surface area contributed by atoms with Gasteiger partial charge in [-0.1, -0.05) is 6.07 Å². The molecule has 2 rings (SSSR count). The zero-order valence-corrected chi connectivity index (χ0v) is 11.9. The SMILES string of the molecule is CCNc1c(F)cccc1C(=O)NN1CCN(C)CC1. The van der Waals surface area contributed by atoms with Crippen LogP contribution in [0.3, 0.4) is 0 Å². The fraction of sp³-hybridized carbons (Fsp3) is 0.500. The highest BCUT2D eigenvalue weighted by molar-refractivity contribution is 5.99. The van der Waals surface area contributed by atoms with Crippen molar-refractivity contribution in [1.29, 1.82) is 0 Å². The average molecular weight is 280 g/mol. The summed E-state index contributed by atoms with van der Waals surface area (Å²) in [6.07, 6.45) is 0. The van der Waals surface area contributed by atoms with Crippen molar-refractivity contribution in [1.82, 2.24) is 15.3 Å². The first-order valence-corrected chi connectivity index (χ1v) is 6.88. The summed E-state index contributed by atoms with van der Waals surface area (Å²) >= 11 is 0. The quantitative estimate of drug-likeness (QED) is 0.868. The van der Waals surface area contributed by atoms with E-state index < -0.39 is 5.82 Å². The number of para-hydroxylation sites is 1. The lowest BCUT2D eigenvalue weighted by molar-refractivity contribution is 0.0663. The third-order valence-electron chi connectivity index (χ3n) is 3.37. The maximum atomic E-state index is 13.8. The van der Waals surface area contributed by atoms with E-state index in [-0.39, 0.29) is 11.6 Å². The normalized spacial score (nSPS) is 16.9. The second-order valence-corrected chi connectivity index (χ2v) is 4.92. The molecule has 0 aliphatic carbocycles. The first-order chi connectivity index (χ1) is 9.61. The summed E-state index contributed by atoms with van der Waals surface area (Å²) in [6, 6.07) is 4.53. The van der Waals surface area contributed by atoms with Gasteiger partial charge in [0.2, 0.25) is 0 Å².